The van der Waals surface area contributed by atoms with E-state index in [1.165, 1.54) is 12.1 Å². The van der Waals surface area contributed by atoms with Gasteiger partial charge in [0.25, 0.3) is 0 Å². The molecule has 44 heavy (non-hydrogen) atoms. The molecular weight excluding hydrogens is 569 g/mol. The van der Waals surface area contributed by atoms with Crippen LogP contribution in [0.25, 0.3) is 16.8 Å². The van der Waals surface area contributed by atoms with Gasteiger partial charge < -0.3 is 29.4 Å². The molecule has 3 N–H and O–H groups in total. The van der Waals surface area contributed by atoms with E-state index in [0.717, 1.165) is 0 Å². The molecule has 2 aliphatic heterocycles. The van der Waals surface area contributed by atoms with E-state index in [1.807, 2.05) is 11.0 Å². The van der Waals surface area contributed by atoms with Gasteiger partial charge in [0.1, 0.15) is 5.82 Å². The van der Waals surface area contributed by atoms with Gasteiger partial charge in [-0.1, -0.05) is 30.3 Å². The van der Waals surface area contributed by atoms with E-state index in [-0.39, 0.29) is 16.9 Å². The van der Waals surface area contributed by atoms with Crippen molar-refractivity contribution in [3.05, 3.63) is 90.8 Å². The number of amides is 2. The molecule has 2 saturated heterocycles. The number of rotatable bonds is 8. The lowest BCUT2D eigenvalue weighted by Crippen LogP contribution is -2.45. The number of carbonyl (C=O) groups excluding carboxylic acids is 2. The zero-order chi connectivity index (χ0) is 30.7. The minimum Gasteiger partial charge on any atom is -0.465 e. The summed E-state index contributed by atoms with van der Waals surface area (Å²) in [5.41, 5.74) is 2.53. The number of ketones is 1. The number of nitrogens with one attached hydrogen (secondary N) is 2. The molecule has 3 aromatic carbocycles. The van der Waals surface area contributed by atoms with Gasteiger partial charge in [0.05, 0.1) is 37.3 Å². The summed E-state index contributed by atoms with van der Waals surface area (Å²) < 4.78 is 28.6. The second-order valence-corrected chi connectivity index (χ2v) is 10.6. The maximum atomic E-state index is 15.2. The van der Waals surface area contributed by atoms with Crippen molar-refractivity contribution in [2.45, 2.75) is 25.0 Å². The first kappa shape index (κ1) is 29.0. The fourth-order valence-corrected chi connectivity index (χ4v) is 5.64. The van der Waals surface area contributed by atoms with Crippen molar-refractivity contribution >= 4 is 34.8 Å². The predicted molar refractivity (Wildman–Crippen MR) is 161 cm³/mol. The van der Waals surface area contributed by atoms with Crippen molar-refractivity contribution in [1.29, 1.82) is 0 Å². The lowest BCUT2D eigenvalue weighted by Gasteiger charge is -2.39. The van der Waals surface area contributed by atoms with Crippen LogP contribution in [0.15, 0.2) is 79.4 Å². The SMILES string of the molecule is O=C(O)Nc1cc(N2CCC3(CC2)OCCO3)c(-c2ccccc2F)cc1NC(=O)CC(=O)c1cccc(-n2ccnc2)c1. The summed E-state index contributed by atoms with van der Waals surface area (Å²) in [6, 6.07) is 16.1. The Labute approximate surface area is 252 Å². The summed E-state index contributed by atoms with van der Waals surface area (Å²) in [7, 11) is 0. The summed E-state index contributed by atoms with van der Waals surface area (Å²) in [5.74, 6) is -2.20. The van der Waals surface area contributed by atoms with Crippen LogP contribution in [0.1, 0.15) is 29.6 Å². The van der Waals surface area contributed by atoms with Crippen LogP contribution in [-0.4, -0.2) is 64.5 Å². The van der Waals surface area contributed by atoms with E-state index >= 15 is 4.39 Å². The largest absolute Gasteiger partial charge is 0.465 e. The predicted octanol–water partition coefficient (Wildman–Crippen LogP) is 5.32. The summed E-state index contributed by atoms with van der Waals surface area (Å²) in [4.78, 5) is 44.0. The average Bonchev–Trinajstić information content (AvgIpc) is 3.72. The number of anilines is 3. The third kappa shape index (κ3) is 6.17. The van der Waals surface area contributed by atoms with E-state index in [1.54, 1.807) is 65.8 Å². The quantitative estimate of drug-likeness (QED) is 0.183. The molecule has 1 spiro atoms. The highest BCUT2D eigenvalue weighted by molar-refractivity contribution is 6.12. The lowest BCUT2D eigenvalue weighted by molar-refractivity contribution is -0.169. The van der Waals surface area contributed by atoms with Crippen LogP contribution in [0.2, 0.25) is 0 Å². The Morgan fingerprint density at radius 2 is 1.68 bits per heavy atom. The van der Waals surface area contributed by atoms with Gasteiger partial charge in [0.15, 0.2) is 11.6 Å². The normalized spacial score (nSPS) is 15.7. The Bertz CT molecular complexity index is 1690. The Balaban J connectivity index is 1.30. The van der Waals surface area contributed by atoms with E-state index in [9.17, 15) is 19.5 Å². The minimum absolute atomic E-state index is 0.0872. The molecule has 0 bridgehead atoms. The molecule has 4 aromatic rings. The second-order valence-electron chi connectivity index (χ2n) is 10.6. The first-order valence-electron chi connectivity index (χ1n) is 14.2. The number of carboxylic acid groups (broad SMARTS) is 1. The average molecular weight is 600 g/mol. The Hall–Kier alpha value is -5.07. The topological polar surface area (TPSA) is 135 Å². The van der Waals surface area contributed by atoms with Crippen molar-refractivity contribution in [2.75, 3.05) is 41.8 Å². The monoisotopic (exact) mass is 599 g/mol. The zero-order valence-electron chi connectivity index (χ0n) is 23.7. The molecule has 0 saturated carbocycles. The van der Waals surface area contributed by atoms with E-state index in [4.69, 9.17) is 9.47 Å². The molecule has 12 heteroatoms. The molecule has 0 aliphatic carbocycles. The summed E-state index contributed by atoms with van der Waals surface area (Å²) >= 11 is 0. The van der Waals surface area contributed by atoms with Crippen molar-refractivity contribution < 1.29 is 33.4 Å². The van der Waals surface area contributed by atoms with Gasteiger partial charge >= 0.3 is 6.09 Å². The van der Waals surface area contributed by atoms with Gasteiger partial charge in [0, 0.05) is 66.4 Å². The molecule has 0 atom stereocenters. The number of piperidine rings is 1. The maximum Gasteiger partial charge on any atom is 0.409 e. The minimum atomic E-state index is -1.34. The molecule has 2 fully saturated rings. The first-order valence-corrected chi connectivity index (χ1v) is 14.2. The number of Topliss-reactive ketones (excluding diaryl/α,β-unsaturated/α-hetero) is 1. The zero-order valence-corrected chi connectivity index (χ0v) is 23.7. The molecule has 2 amide bonds. The van der Waals surface area contributed by atoms with Gasteiger partial charge in [-0.2, -0.15) is 0 Å². The first-order chi connectivity index (χ1) is 21.3. The number of halogens is 1. The fraction of sp³-hybridized carbons (Fsp3) is 0.250. The van der Waals surface area contributed by atoms with Gasteiger partial charge in [-0.3, -0.25) is 14.9 Å². The molecular formula is C32H30FN5O6. The molecule has 2 aliphatic rings. The third-order valence-corrected chi connectivity index (χ3v) is 7.79. The van der Waals surface area contributed by atoms with Crippen LogP contribution in [-0.2, 0) is 14.3 Å². The Kier molecular flexibility index (Phi) is 8.09. The van der Waals surface area contributed by atoms with Gasteiger partial charge in [-0.15, -0.1) is 0 Å². The molecule has 3 heterocycles. The van der Waals surface area contributed by atoms with E-state index in [2.05, 4.69) is 15.6 Å². The maximum absolute atomic E-state index is 15.2. The second kappa shape index (κ2) is 12.3. The number of imidazole rings is 1. The van der Waals surface area contributed by atoms with Crippen LogP contribution >= 0.6 is 0 Å². The Morgan fingerprint density at radius 3 is 2.39 bits per heavy atom. The standard InChI is InChI=1S/C32H30FN5O6/c33-25-7-2-1-6-23(25)24-17-26(35-30(40)19-29(39)21-4-3-5-22(16-21)38-13-10-34-20-38)27(36-31(41)42)18-28(24)37-11-8-32(9-12-37)43-14-15-44-32/h1-7,10,13,16-18,20,36H,8-9,11-12,14-15,19H2,(H,35,40)(H,41,42). The van der Waals surface area contributed by atoms with Gasteiger partial charge in [0.2, 0.25) is 5.91 Å². The number of ether oxygens (including phenoxy) is 2. The van der Waals surface area contributed by atoms with Crippen LogP contribution in [0.4, 0.5) is 26.2 Å². The molecule has 11 nitrogen and oxygen atoms in total. The lowest BCUT2D eigenvalue weighted by atomic mass is 9.97. The smallest absolute Gasteiger partial charge is 0.409 e. The number of carbonyl (C=O) groups is 3. The fourth-order valence-electron chi connectivity index (χ4n) is 5.64. The van der Waals surface area contributed by atoms with E-state index in [0.29, 0.717) is 61.6 Å². The molecule has 1 aromatic heterocycles. The molecule has 226 valence electrons. The van der Waals surface area contributed by atoms with Crippen LogP contribution < -0.4 is 15.5 Å². The highest BCUT2D eigenvalue weighted by atomic mass is 19.1. The molecule has 0 radical (unpaired) electrons. The number of hydrogen-bond acceptors (Lipinski definition) is 7. The highest BCUT2D eigenvalue weighted by Gasteiger charge is 2.40. The molecule has 6 rings (SSSR count). The van der Waals surface area contributed by atoms with Crippen LogP contribution in [0.3, 0.4) is 0 Å². The van der Waals surface area contributed by atoms with Gasteiger partial charge in [-0.05, 0) is 30.3 Å². The third-order valence-electron chi connectivity index (χ3n) is 7.79. The van der Waals surface area contributed by atoms with Crippen molar-refractivity contribution in [2.24, 2.45) is 0 Å². The number of nitrogens with zero attached hydrogens (tertiary/aromatic N) is 3. The van der Waals surface area contributed by atoms with E-state index < -0.39 is 35.8 Å². The summed E-state index contributed by atoms with van der Waals surface area (Å²) in [5, 5.41) is 14.6. The Morgan fingerprint density at radius 1 is 0.932 bits per heavy atom. The summed E-state index contributed by atoms with van der Waals surface area (Å²) in [6.45, 7) is 2.10. The van der Waals surface area contributed by atoms with Gasteiger partial charge in [-0.25, -0.2) is 14.2 Å². The highest BCUT2D eigenvalue weighted by Crippen LogP contribution is 2.42. The van der Waals surface area contributed by atoms with Crippen LogP contribution in [0.5, 0.6) is 0 Å². The van der Waals surface area contributed by atoms with Crippen molar-refractivity contribution in [3.63, 3.8) is 0 Å². The van der Waals surface area contributed by atoms with Crippen molar-refractivity contribution in [3.8, 4) is 16.8 Å². The number of aromatic nitrogens is 2. The van der Waals surface area contributed by atoms with Crippen molar-refractivity contribution in [1.82, 2.24) is 9.55 Å². The summed E-state index contributed by atoms with van der Waals surface area (Å²) in [6.07, 6.45) is 4.27. The number of hydrogen-bond donors (Lipinski definition) is 3. The molecule has 0 unspecified atom stereocenters. The number of benzene rings is 3. The van der Waals surface area contributed by atoms with Crippen LogP contribution in [0, 0.1) is 5.82 Å².